The molecule has 0 amide bonds. The lowest BCUT2D eigenvalue weighted by Gasteiger charge is -2.37. The molecule has 1 saturated carbocycles. The van der Waals surface area contributed by atoms with E-state index in [1.807, 2.05) is 0 Å². The molecule has 1 unspecified atom stereocenters. The van der Waals surface area contributed by atoms with Gasteiger partial charge in [0.15, 0.2) is 0 Å². The van der Waals surface area contributed by atoms with Gasteiger partial charge in [0.05, 0.1) is 0 Å². The SMILES string of the molecule is CCCNC(C(CC)CC)C1CCC(C)CC1. The normalized spacial score (nSPS) is 27.4. The van der Waals surface area contributed by atoms with E-state index in [9.17, 15) is 0 Å². The van der Waals surface area contributed by atoms with Gasteiger partial charge < -0.3 is 5.32 Å². The third kappa shape index (κ3) is 4.62. The van der Waals surface area contributed by atoms with Crippen LogP contribution in [-0.2, 0) is 0 Å². The quantitative estimate of drug-likeness (QED) is 0.683. The first kappa shape index (κ1) is 15.0. The molecular formula is C16H33N. The van der Waals surface area contributed by atoms with Gasteiger partial charge >= 0.3 is 0 Å². The minimum absolute atomic E-state index is 0.789. The third-order valence-electron chi connectivity index (χ3n) is 4.76. The molecule has 17 heavy (non-hydrogen) atoms. The Balaban J connectivity index is 2.54. The van der Waals surface area contributed by atoms with Crippen molar-refractivity contribution in [1.82, 2.24) is 5.32 Å². The average Bonchev–Trinajstić information content (AvgIpc) is 2.36. The second-order valence-corrected chi connectivity index (χ2v) is 6.08. The van der Waals surface area contributed by atoms with E-state index in [2.05, 4.69) is 33.0 Å². The smallest absolute Gasteiger partial charge is 0.0123 e. The van der Waals surface area contributed by atoms with Gasteiger partial charge in [-0.2, -0.15) is 0 Å². The summed E-state index contributed by atoms with van der Waals surface area (Å²) in [4.78, 5) is 0. The maximum Gasteiger partial charge on any atom is 0.0123 e. The predicted molar refractivity (Wildman–Crippen MR) is 77.3 cm³/mol. The van der Waals surface area contributed by atoms with Crippen molar-refractivity contribution in [3.05, 3.63) is 0 Å². The Hall–Kier alpha value is -0.0400. The molecule has 0 heterocycles. The first-order valence-electron chi connectivity index (χ1n) is 7.96. The molecule has 1 aliphatic rings. The lowest BCUT2D eigenvalue weighted by molar-refractivity contribution is 0.176. The van der Waals surface area contributed by atoms with Gasteiger partial charge in [0.25, 0.3) is 0 Å². The lowest BCUT2D eigenvalue weighted by atomic mass is 9.74. The van der Waals surface area contributed by atoms with E-state index in [4.69, 9.17) is 0 Å². The van der Waals surface area contributed by atoms with Crippen LogP contribution in [0.4, 0.5) is 0 Å². The zero-order chi connectivity index (χ0) is 12.7. The van der Waals surface area contributed by atoms with Gasteiger partial charge in [-0.05, 0) is 43.6 Å². The molecule has 0 aromatic rings. The van der Waals surface area contributed by atoms with Gasteiger partial charge in [-0.1, -0.05) is 53.4 Å². The monoisotopic (exact) mass is 239 g/mol. The van der Waals surface area contributed by atoms with E-state index in [0.717, 1.165) is 23.8 Å². The zero-order valence-electron chi connectivity index (χ0n) is 12.5. The van der Waals surface area contributed by atoms with Crippen molar-refractivity contribution in [3.63, 3.8) is 0 Å². The Labute approximate surface area is 109 Å². The summed E-state index contributed by atoms with van der Waals surface area (Å²) in [6.45, 7) is 10.6. The Kier molecular flexibility index (Phi) is 7.18. The maximum absolute atomic E-state index is 3.86. The fourth-order valence-corrected chi connectivity index (χ4v) is 3.47. The number of rotatable bonds is 7. The van der Waals surface area contributed by atoms with Crippen LogP contribution in [0.25, 0.3) is 0 Å². The van der Waals surface area contributed by atoms with Crippen LogP contribution in [0.1, 0.15) is 72.6 Å². The van der Waals surface area contributed by atoms with Crippen LogP contribution < -0.4 is 5.32 Å². The highest BCUT2D eigenvalue weighted by Crippen LogP contribution is 2.34. The van der Waals surface area contributed by atoms with Crippen molar-refractivity contribution >= 4 is 0 Å². The van der Waals surface area contributed by atoms with E-state index in [1.54, 1.807) is 0 Å². The molecule has 1 aliphatic carbocycles. The molecule has 1 N–H and O–H groups in total. The van der Waals surface area contributed by atoms with Crippen LogP contribution in [0.15, 0.2) is 0 Å². The van der Waals surface area contributed by atoms with E-state index in [1.165, 1.54) is 51.5 Å². The molecule has 1 fully saturated rings. The fraction of sp³-hybridized carbons (Fsp3) is 1.00. The Morgan fingerprint density at radius 1 is 1.00 bits per heavy atom. The molecule has 0 spiro atoms. The average molecular weight is 239 g/mol. The standard InChI is InChI=1S/C16H33N/c1-5-12-17-16(14(6-2)7-3)15-10-8-13(4)9-11-15/h13-17H,5-12H2,1-4H3. The van der Waals surface area contributed by atoms with Gasteiger partial charge in [0.1, 0.15) is 0 Å². The van der Waals surface area contributed by atoms with Crippen molar-refractivity contribution in [2.75, 3.05) is 6.54 Å². The van der Waals surface area contributed by atoms with Crippen molar-refractivity contribution < 1.29 is 0 Å². The predicted octanol–water partition coefficient (Wildman–Crippen LogP) is 4.62. The highest BCUT2D eigenvalue weighted by Gasteiger charge is 2.29. The summed E-state index contributed by atoms with van der Waals surface area (Å²) in [5, 5.41) is 3.86. The van der Waals surface area contributed by atoms with E-state index in [-0.39, 0.29) is 0 Å². The molecule has 0 aliphatic heterocycles. The molecule has 0 aromatic heterocycles. The van der Waals surface area contributed by atoms with Crippen molar-refractivity contribution in [1.29, 1.82) is 0 Å². The highest BCUT2D eigenvalue weighted by atomic mass is 14.9. The summed E-state index contributed by atoms with van der Waals surface area (Å²) in [5.74, 6) is 2.81. The summed E-state index contributed by atoms with van der Waals surface area (Å²) < 4.78 is 0. The fourth-order valence-electron chi connectivity index (χ4n) is 3.47. The summed E-state index contributed by atoms with van der Waals surface area (Å²) in [6, 6.07) is 0.789. The van der Waals surface area contributed by atoms with Gasteiger partial charge in [-0.15, -0.1) is 0 Å². The topological polar surface area (TPSA) is 12.0 Å². The summed E-state index contributed by atoms with van der Waals surface area (Å²) in [5.41, 5.74) is 0. The molecule has 0 saturated heterocycles. The van der Waals surface area contributed by atoms with E-state index in [0.29, 0.717) is 0 Å². The van der Waals surface area contributed by atoms with Gasteiger partial charge in [0.2, 0.25) is 0 Å². The second kappa shape index (κ2) is 8.13. The van der Waals surface area contributed by atoms with Crippen LogP contribution >= 0.6 is 0 Å². The highest BCUT2D eigenvalue weighted by molar-refractivity contribution is 4.85. The Bertz CT molecular complexity index is 178. The molecule has 1 rings (SSSR count). The number of hydrogen-bond acceptors (Lipinski definition) is 1. The third-order valence-corrected chi connectivity index (χ3v) is 4.76. The zero-order valence-corrected chi connectivity index (χ0v) is 12.5. The van der Waals surface area contributed by atoms with Crippen LogP contribution in [0, 0.1) is 17.8 Å². The van der Waals surface area contributed by atoms with Gasteiger partial charge in [-0.25, -0.2) is 0 Å². The molecule has 1 heteroatoms. The number of hydrogen-bond donors (Lipinski definition) is 1. The van der Waals surface area contributed by atoms with Crippen LogP contribution in [0.5, 0.6) is 0 Å². The Morgan fingerprint density at radius 3 is 2.06 bits per heavy atom. The summed E-state index contributed by atoms with van der Waals surface area (Å²) in [6.07, 6.45) is 9.76. The molecule has 0 bridgehead atoms. The minimum Gasteiger partial charge on any atom is -0.313 e. The largest absolute Gasteiger partial charge is 0.313 e. The second-order valence-electron chi connectivity index (χ2n) is 6.08. The molecule has 0 aromatic carbocycles. The lowest BCUT2D eigenvalue weighted by Crippen LogP contribution is -2.43. The van der Waals surface area contributed by atoms with Crippen molar-refractivity contribution in [2.45, 2.75) is 78.7 Å². The molecule has 1 nitrogen and oxygen atoms in total. The van der Waals surface area contributed by atoms with Crippen molar-refractivity contribution in [3.8, 4) is 0 Å². The number of nitrogens with one attached hydrogen (secondary N) is 1. The van der Waals surface area contributed by atoms with E-state index < -0.39 is 0 Å². The van der Waals surface area contributed by atoms with Crippen molar-refractivity contribution in [2.24, 2.45) is 17.8 Å². The first-order chi connectivity index (χ1) is 8.22. The maximum atomic E-state index is 3.86. The molecule has 1 atom stereocenters. The van der Waals surface area contributed by atoms with Gasteiger partial charge in [-0.3, -0.25) is 0 Å². The van der Waals surface area contributed by atoms with Crippen LogP contribution in [0.2, 0.25) is 0 Å². The van der Waals surface area contributed by atoms with Crippen LogP contribution in [-0.4, -0.2) is 12.6 Å². The van der Waals surface area contributed by atoms with E-state index >= 15 is 0 Å². The van der Waals surface area contributed by atoms with Crippen LogP contribution in [0.3, 0.4) is 0 Å². The molecule has 0 radical (unpaired) electrons. The summed E-state index contributed by atoms with van der Waals surface area (Å²) >= 11 is 0. The first-order valence-corrected chi connectivity index (χ1v) is 7.96. The molecule has 102 valence electrons. The summed E-state index contributed by atoms with van der Waals surface area (Å²) in [7, 11) is 0. The minimum atomic E-state index is 0.789. The Morgan fingerprint density at radius 2 is 1.59 bits per heavy atom. The molecular weight excluding hydrogens is 206 g/mol. The van der Waals surface area contributed by atoms with Gasteiger partial charge in [0, 0.05) is 6.04 Å².